The molecule has 0 rings (SSSR count). The standard InChI is InChI=1S/C3H5ClO2S/c1-3(4)2-7(5)6/h7H,1-2H2. The normalized spacial score (nSPS) is 9.43. The van der Waals surface area contributed by atoms with Crippen LogP contribution in [-0.2, 0) is 10.7 Å². The molecule has 7 heavy (non-hydrogen) atoms. The van der Waals surface area contributed by atoms with Crippen molar-refractivity contribution in [2.45, 2.75) is 0 Å². The Morgan fingerprint density at radius 2 is 2.14 bits per heavy atom. The summed E-state index contributed by atoms with van der Waals surface area (Å²) < 4.78 is 19.4. The highest BCUT2D eigenvalue weighted by Crippen LogP contribution is 1.93. The first-order chi connectivity index (χ1) is 3.13. The van der Waals surface area contributed by atoms with Crippen molar-refractivity contribution in [1.29, 1.82) is 0 Å². The highest BCUT2D eigenvalue weighted by molar-refractivity contribution is 7.72. The molecule has 0 aliphatic heterocycles. The van der Waals surface area contributed by atoms with Crippen LogP contribution in [0.15, 0.2) is 11.6 Å². The third-order valence-electron chi connectivity index (χ3n) is 0.301. The number of hydrogen-bond acceptors (Lipinski definition) is 2. The largest absolute Gasteiger partial charge is 0.231 e. The predicted molar refractivity (Wildman–Crippen MR) is 30.2 cm³/mol. The van der Waals surface area contributed by atoms with E-state index >= 15 is 0 Å². The van der Waals surface area contributed by atoms with Gasteiger partial charge < -0.3 is 0 Å². The van der Waals surface area contributed by atoms with Crippen LogP contribution in [-0.4, -0.2) is 14.2 Å². The lowest BCUT2D eigenvalue weighted by Crippen LogP contribution is -1.82. The van der Waals surface area contributed by atoms with Crippen molar-refractivity contribution in [2.75, 3.05) is 5.75 Å². The fraction of sp³-hybridized carbons (Fsp3) is 0.333. The van der Waals surface area contributed by atoms with Gasteiger partial charge in [0.1, 0.15) is 10.7 Å². The average molecular weight is 141 g/mol. The van der Waals surface area contributed by atoms with Crippen molar-refractivity contribution < 1.29 is 8.42 Å². The van der Waals surface area contributed by atoms with E-state index in [-0.39, 0.29) is 10.8 Å². The smallest absolute Gasteiger partial charge is 0.145 e. The molecule has 0 aliphatic carbocycles. The first-order valence-electron chi connectivity index (χ1n) is 1.58. The third kappa shape index (κ3) is 5.98. The SMILES string of the molecule is C=C(Cl)C[SH](=O)=O. The molecule has 4 heteroatoms. The van der Waals surface area contributed by atoms with Crippen LogP contribution in [0.3, 0.4) is 0 Å². The van der Waals surface area contributed by atoms with Gasteiger partial charge in [-0.3, -0.25) is 0 Å². The van der Waals surface area contributed by atoms with E-state index in [0.29, 0.717) is 0 Å². The van der Waals surface area contributed by atoms with E-state index in [2.05, 4.69) is 6.58 Å². The molecule has 0 fully saturated rings. The Hall–Kier alpha value is -0.0200. The lowest BCUT2D eigenvalue weighted by molar-refractivity contribution is 0.617. The summed E-state index contributed by atoms with van der Waals surface area (Å²) in [5, 5.41) is 0.163. The molecular weight excluding hydrogens is 136 g/mol. The molecule has 0 amide bonds. The minimum atomic E-state index is -2.37. The van der Waals surface area contributed by atoms with E-state index in [1.54, 1.807) is 0 Å². The van der Waals surface area contributed by atoms with E-state index in [1.807, 2.05) is 0 Å². The van der Waals surface area contributed by atoms with Gasteiger partial charge in [0.15, 0.2) is 0 Å². The van der Waals surface area contributed by atoms with E-state index in [4.69, 9.17) is 11.6 Å². The topological polar surface area (TPSA) is 34.1 Å². The van der Waals surface area contributed by atoms with Crippen molar-refractivity contribution in [3.05, 3.63) is 11.6 Å². The van der Waals surface area contributed by atoms with Crippen LogP contribution in [0.5, 0.6) is 0 Å². The Balaban J connectivity index is 3.53. The summed E-state index contributed by atoms with van der Waals surface area (Å²) in [7, 11) is -2.37. The fourth-order valence-electron chi connectivity index (χ4n) is 0.140. The number of halogens is 1. The Bertz CT molecular complexity index is 130. The second kappa shape index (κ2) is 3.04. The van der Waals surface area contributed by atoms with Crippen LogP contribution in [0, 0.1) is 0 Å². The first-order valence-corrected chi connectivity index (χ1v) is 3.32. The maximum absolute atomic E-state index is 9.70. The molecule has 0 N–H and O–H groups in total. The molecular formula is C3H5ClO2S. The summed E-state index contributed by atoms with van der Waals surface area (Å²) in [4.78, 5) is 0. The molecule has 0 saturated carbocycles. The van der Waals surface area contributed by atoms with Crippen molar-refractivity contribution in [3.8, 4) is 0 Å². The Labute approximate surface area is 48.7 Å². The second-order valence-corrected chi connectivity index (χ2v) is 2.52. The van der Waals surface area contributed by atoms with Crippen molar-refractivity contribution in [1.82, 2.24) is 0 Å². The summed E-state index contributed by atoms with van der Waals surface area (Å²) in [6.07, 6.45) is 0. The zero-order valence-corrected chi connectivity index (χ0v) is 5.21. The summed E-state index contributed by atoms with van der Waals surface area (Å²) in [6.45, 7) is 3.18. The fourth-order valence-corrected chi connectivity index (χ4v) is 0.713. The summed E-state index contributed by atoms with van der Waals surface area (Å²) in [6, 6.07) is 0. The predicted octanol–water partition coefficient (Wildman–Crippen LogP) is 0.350. The number of thiol groups is 1. The van der Waals surface area contributed by atoms with Crippen LogP contribution >= 0.6 is 11.6 Å². The van der Waals surface area contributed by atoms with Gasteiger partial charge in [-0.05, 0) is 0 Å². The van der Waals surface area contributed by atoms with Gasteiger partial charge in [-0.25, -0.2) is 8.42 Å². The Morgan fingerprint density at radius 1 is 1.71 bits per heavy atom. The highest BCUT2D eigenvalue weighted by atomic mass is 35.5. The van der Waals surface area contributed by atoms with Crippen molar-refractivity contribution in [3.63, 3.8) is 0 Å². The van der Waals surface area contributed by atoms with Gasteiger partial charge in [-0.15, -0.1) is 0 Å². The van der Waals surface area contributed by atoms with Crippen molar-refractivity contribution >= 4 is 22.3 Å². The monoisotopic (exact) mass is 140 g/mol. The minimum Gasteiger partial charge on any atom is -0.231 e. The molecule has 0 bridgehead atoms. The van der Waals surface area contributed by atoms with Gasteiger partial charge in [-0.1, -0.05) is 18.2 Å². The molecule has 0 aliphatic rings. The third-order valence-corrected chi connectivity index (χ3v) is 1.26. The second-order valence-electron chi connectivity index (χ2n) is 1.01. The summed E-state index contributed by atoms with van der Waals surface area (Å²) >= 11 is 5.09. The number of rotatable bonds is 2. The first kappa shape index (κ1) is 6.98. The number of hydrogen-bond donors (Lipinski definition) is 1. The molecule has 2 nitrogen and oxygen atoms in total. The zero-order valence-electron chi connectivity index (χ0n) is 3.56. The molecule has 0 heterocycles. The van der Waals surface area contributed by atoms with Crippen LogP contribution < -0.4 is 0 Å². The van der Waals surface area contributed by atoms with Gasteiger partial charge in [0, 0.05) is 5.03 Å². The molecule has 0 atom stereocenters. The molecule has 0 aromatic rings. The minimum absolute atomic E-state index is 0.114. The van der Waals surface area contributed by atoms with Crippen LogP contribution in [0.1, 0.15) is 0 Å². The van der Waals surface area contributed by atoms with Gasteiger partial charge in [0.05, 0.1) is 5.75 Å². The molecule has 0 unspecified atom stereocenters. The lowest BCUT2D eigenvalue weighted by atomic mass is 10.8. The van der Waals surface area contributed by atoms with Crippen LogP contribution in [0.4, 0.5) is 0 Å². The molecule has 0 radical (unpaired) electrons. The Kier molecular flexibility index (Phi) is 3.04. The maximum atomic E-state index is 9.70. The van der Waals surface area contributed by atoms with E-state index in [9.17, 15) is 8.42 Å². The summed E-state index contributed by atoms with van der Waals surface area (Å²) in [5.41, 5.74) is 0. The molecule has 0 saturated heterocycles. The van der Waals surface area contributed by atoms with Gasteiger partial charge in [-0.2, -0.15) is 0 Å². The van der Waals surface area contributed by atoms with E-state index < -0.39 is 10.7 Å². The average Bonchev–Trinajstić information content (AvgIpc) is 1.27. The van der Waals surface area contributed by atoms with Gasteiger partial charge >= 0.3 is 0 Å². The van der Waals surface area contributed by atoms with Crippen LogP contribution in [0.25, 0.3) is 0 Å². The van der Waals surface area contributed by atoms with Crippen LogP contribution in [0.2, 0.25) is 0 Å². The van der Waals surface area contributed by atoms with Gasteiger partial charge in [0.2, 0.25) is 0 Å². The van der Waals surface area contributed by atoms with E-state index in [0.717, 1.165) is 0 Å². The van der Waals surface area contributed by atoms with E-state index in [1.165, 1.54) is 0 Å². The summed E-state index contributed by atoms with van der Waals surface area (Å²) in [5.74, 6) is -0.114. The Morgan fingerprint density at radius 3 is 2.14 bits per heavy atom. The highest BCUT2D eigenvalue weighted by Gasteiger charge is 1.85. The zero-order chi connectivity index (χ0) is 5.86. The van der Waals surface area contributed by atoms with Crippen molar-refractivity contribution in [2.24, 2.45) is 0 Å². The quantitative estimate of drug-likeness (QED) is 0.562. The van der Waals surface area contributed by atoms with Gasteiger partial charge in [0.25, 0.3) is 0 Å². The lowest BCUT2D eigenvalue weighted by Gasteiger charge is -1.78. The molecule has 0 spiro atoms. The molecule has 42 valence electrons. The molecule has 0 aromatic carbocycles. The molecule has 0 aromatic heterocycles. The maximum Gasteiger partial charge on any atom is 0.145 e.